The summed E-state index contributed by atoms with van der Waals surface area (Å²) in [5.41, 5.74) is 3.18. The fraction of sp³-hybridized carbons (Fsp3) is 0.450. The molecule has 2 saturated heterocycles. The molecule has 0 radical (unpaired) electrons. The van der Waals surface area contributed by atoms with Crippen LogP contribution < -0.4 is 9.80 Å². The number of pyridine rings is 1. The van der Waals surface area contributed by atoms with Gasteiger partial charge in [0.2, 0.25) is 0 Å². The van der Waals surface area contributed by atoms with Crippen molar-refractivity contribution in [3.05, 3.63) is 41.9 Å². The van der Waals surface area contributed by atoms with Crippen LogP contribution in [0.1, 0.15) is 17.1 Å². The minimum atomic E-state index is 0.631. The molecule has 2 fully saturated rings. The predicted octanol–water partition coefficient (Wildman–Crippen LogP) is 2.31. The van der Waals surface area contributed by atoms with Crippen molar-refractivity contribution in [2.75, 3.05) is 36.0 Å². The number of nitrogens with zero attached hydrogens (tertiary/aromatic N) is 7. The average Bonchev–Trinajstić information content (AvgIpc) is 3.22. The summed E-state index contributed by atoms with van der Waals surface area (Å²) in [6, 6.07) is 2.03. The van der Waals surface area contributed by atoms with Gasteiger partial charge in [0.05, 0.1) is 11.7 Å². The first-order valence-electron chi connectivity index (χ1n) is 9.46. The highest BCUT2D eigenvalue weighted by molar-refractivity contribution is 5.89. The van der Waals surface area contributed by atoms with E-state index in [9.17, 15) is 0 Å². The van der Waals surface area contributed by atoms with Crippen LogP contribution in [0.3, 0.4) is 0 Å². The first-order chi connectivity index (χ1) is 13.1. The minimum absolute atomic E-state index is 0.631. The van der Waals surface area contributed by atoms with E-state index in [0.717, 1.165) is 60.2 Å². The molecule has 5 heterocycles. The number of rotatable bonds is 2. The molecule has 0 bridgehead atoms. The van der Waals surface area contributed by atoms with Gasteiger partial charge in [0.1, 0.15) is 23.8 Å². The highest BCUT2D eigenvalue weighted by Crippen LogP contribution is 2.37. The van der Waals surface area contributed by atoms with Crippen LogP contribution in [-0.4, -0.2) is 51.1 Å². The van der Waals surface area contributed by atoms with Crippen molar-refractivity contribution in [3.8, 4) is 0 Å². The highest BCUT2D eigenvalue weighted by atomic mass is 15.3. The van der Waals surface area contributed by atoms with Crippen LogP contribution in [0.4, 0.5) is 11.6 Å². The number of aromatic nitrogens is 5. The number of anilines is 2. The Hall–Kier alpha value is -2.83. The molecule has 3 aromatic rings. The van der Waals surface area contributed by atoms with Gasteiger partial charge in [0.25, 0.3) is 0 Å². The maximum Gasteiger partial charge on any atom is 0.140 e. The van der Waals surface area contributed by atoms with Crippen LogP contribution in [0.15, 0.2) is 24.8 Å². The van der Waals surface area contributed by atoms with Crippen LogP contribution in [0.25, 0.3) is 10.9 Å². The van der Waals surface area contributed by atoms with E-state index in [1.54, 1.807) is 6.33 Å². The molecule has 2 aliphatic rings. The van der Waals surface area contributed by atoms with Crippen molar-refractivity contribution >= 4 is 22.5 Å². The van der Waals surface area contributed by atoms with Crippen LogP contribution in [0, 0.1) is 32.6 Å². The third kappa shape index (κ3) is 2.69. The maximum absolute atomic E-state index is 4.77. The van der Waals surface area contributed by atoms with Gasteiger partial charge in [-0.2, -0.15) is 0 Å². The van der Waals surface area contributed by atoms with Gasteiger partial charge in [-0.1, -0.05) is 0 Å². The zero-order valence-corrected chi connectivity index (χ0v) is 15.9. The standard InChI is InChI=1S/C20H23N7/c1-12-13(2)22-11-23-19(12)26-7-15-9-27(10-16(15)8-26)20-17-4-5-21-6-18(17)24-14(3)25-20/h4-6,11,15-16H,7-10H2,1-3H3. The smallest absolute Gasteiger partial charge is 0.140 e. The molecule has 0 amide bonds. The zero-order chi connectivity index (χ0) is 18.5. The SMILES string of the molecule is Cc1nc(N2CC3CN(c4ncnc(C)c4C)CC3C2)c2ccncc2n1. The molecule has 138 valence electrons. The fourth-order valence-corrected chi connectivity index (χ4v) is 4.50. The molecule has 0 spiro atoms. The van der Waals surface area contributed by atoms with Crippen molar-refractivity contribution in [3.63, 3.8) is 0 Å². The van der Waals surface area contributed by atoms with Crippen molar-refractivity contribution < 1.29 is 0 Å². The lowest BCUT2D eigenvalue weighted by Crippen LogP contribution is -2.30. The second kappa shape index (κ2) is 6.11. The minimum Gasteiger partial charge on any atom is -0.356 e. The summed E-state index contributed by atoms with van der Waals surface area (Å²) in [6.07, 6.45) is 5.33. The van der Waals surface area contributed by atoms with Crippen LogP contribution in [0.5, 0.6) is 0 Å². The largest absolute Gasteiger partial charge is 0.356 e. The molecule has 0 N–H and O–H groups in total. The number of aryl methyl sites for hydroxylation is 2. The Labute approximate surface area is 158 Å². The normalized spacial score (nSPS) is 21.9. The summed E-state index contributed by atoms with van der Waals surface area (Å²) >= 11 is 0. The maximum atomic E-state index is 4.77. The summed E-state index contributed by atoms with van der Waals surface area (Å²) in [5.74, 6) is 4.21. The quantitative estimate of drug-likeness (QED) is 0.693. The third-order valence-electron chi connectivity index (χ3n) is 5.99. The molecule has 2 unspecified atom stereocenters. The molecule has 3 aromatic heterocycles. The number of hydrogen-bond donors (Lipinski definition) is 0. The van der Waals surface area contributed by atoms with Crippen molar-refractivity contribution in [2.45, 2.75) is 20.8 Å². The molecule has 2 atom stereocenters. The van der Waals surface area contributed by atoms with Gasteiger partial charge in [-0.3, -0.25) is 4.98 Å². The second-order valence-corrected chi connectivity index (χ2v) is 7.73. The molecule has 5 rings (SSSR count). The summed E-state index contributed by atoms with van der Waals surface area (Å²) in [6.45, 7) is 10.3. The summed E-state index contributed by atoms with van der Waals surface area (Å²) in [5, 5.41) is 1.09. The first-order valence-corrected chi connectivity index (χ1v) is 9.46. The summed E-state index contributed by atoms with van der Waals surface area (Å²) in [4.78, 5) is 27.2. The Morgan fingerprint density at radius 1 is 0.889 bits per heavy atom. The van der Waals surface area contributed by atoms with Crippen LogP contribution in [0.2, 0.25) is 0 Å². The molecule has 0 saturated carbocycles. The number of fused-ring (bicyclic) bond motifs is 2. The molecular weight excluding hydrogens is 338 g/mol. The van der Waals surface area contributed by atoms with Crippen molar-refractivity contribution in [2.24, 2.45) is 11.8 Å². The summed E-state index contributed by atoms with van der Waals surface area (Å²) < 4.78 is 0. The van der Waals surface area contributed by atoms with Gasteiger partial charge >= 0.3 is 0 Å². The van der Waals surface area contributed by atoms with E-state index in [1.165, 1.54) is 5.56 Å². The van der Waals surface area contributed by atoms with E-state index in [-0.39, 0.29) is 0 Å². The average molecular weight is 361 g/mol. The van der Waals surface area contributed by atoms with Crippen LogP contribution >= 0.6 is 0 Å². The summed E-state index contributed by atoms with van der Waals surface area (Å²) in [7, 11) is 0. The van der Waals surface area contributed by atoms with Gasteiger partial charge < -0.3 is 9.80 Å². The van der Waals surface area contributed by atoms with E-state index in [4.69, 9.17) is 4.98 Å². The monoisotopic (exact) mass is 361 g/mol. The highest BCUT2D eigenvalue weighted by Gasteiger charge is 2.41. The van der Waals surface area contributed by atoms with E-state index in [0.29, 0.717) is 11.8 Å². The van der Waals surface area contributed by atoms with Crippen molar-refractivity contribution in [1.82, 2.24) is 24.9 Å². The molecule has 0 aliphatic carbocycles. The Morgan fingerprint density at radius 3 is 2.33 bits per heavy atom. The molecular formula is C20H23N7. The van der Waals surface area contributed by atoms with Crippen molar-refractivity contribution in [1.29, 1.82) is 0 Å². The Kier molecular flexibility index (Phi) is 3.70. The Bertz CT molecular complexity index is 1000. The lowest BCUT2D eigenvalue weighted by Gasteiger charge is -2.25. The van der Waals surface area contributed by atoms with E-state index < -0.39 is 0 Å². The van der Waals surface area contributed by atoms with E-state index in [2.05, 4.69) is 43.6 Å². The number of hydrogen-bond acceptors (Lipinski definition) is 7. The molecule has 2 aliphatic heterocycles. The first kappa shape index (κ1) is 16.4. The van der Waals surface area contributed by atoms with Gasteiger partial charge in [-0.25, -0.2) is 19.9 Å². The molecule has 0 aromatic carbocycles. The Morgan fingerprint density at radius 2 is 1.59 bits per heavy atom. The van der Waals surface area contributed by atoms with Gasteiger partial charge in [-0.05, 0) is 26.8 Å². The topological polar surface area (TPSA) is 70.9 Å². The second-order valence-electron chi connectivity index (χ2n) is 7.73. The molecule has 7 nitrogen and oxygen atoms in total. The van der Waals surface area contributed by atoms with Gasteiger partial charge in [0.15, 0.2) is 0 Å². The van der Waals surface area contributed by atoms with E-state index >= 15 is 0 Å². The lowest BCUT2D eigenvalue weighted by atomic mass is 10.0. The molecule has 27 heavy (non-hydrogen) atoms. The lowest BCUT2D eigenvalue weighted by molar-refractivity contribution is 0.533. The van der Waals surface area contributed by atoms with Gasteiger partial charge in [0, 0.05) is 60.9 Å². The van der Waals surface area contributed by atoms with Crippen LogP contribution in [-0.2, 0) is 0 Å². The Balaban J connectivity index is 1.40. The third-order valence-corrected chi connectivity index (χ3v) is 5.99. The predicted molar refractivity (Wildman–Crippen MR) is 105 cm³/mol. The van der Waals surface area contributed by atoms with E-state index in [1.807, 2.05) is 25.4 Å². The van der Waals surface area contributed by atoms with Gasteiger partial charge in [-0.15, -0.1) is 0 Å². The fourth-order valence-electron chi connectivity index (χ4n) is 4.50. The zero-order valence-electron chi connectivity index (χ0n) is 15.9. The molecule has 7 heteroatoms.